The van der Waals surface area contributed by atoms with Gasteiger partial charge in [-0.05, 0) is 34.0 Å². The van der Waals surface area contributed by atoms with Gasteiger partial charge < -0.3 is 9.84 Å². The summed E-state index contributed by atoms with van der Waals surface area (Å²) >= 11 is 9.17. The van der Waals surface area contributed by atoms with Gasteiger partial charge in [0.25, 0.3) is 0 Å². The average Bonchev–Trinajstić information content (AvgIpc) is 2.15. The lowest BCUT2D eigenvalue weighted by atomic mass is 10.1. The van der Waals surface area contributed by atoms with Crippen LogP contribution in [0.15, 0.2) is 10.5 Å². The molecule has 1 aromatic rings. The number of aryl methyl sites for hydroxylation is 1. The minimum absolute atomic E-state index is 0.0460. The summed E-state index contributed by atoms with van der Waals surface area (Å²) in [4.78, 5) is 0. The van der Waals surface area contributed by atoms with Crippen LogP contribution < -0.4 is 4.74 Å². The van der Waals surface area contributed by atoms with Crippen molar-refractivity contribution in [3.63, 3.8) is 0 Å². The van der Waals surface area contributed by atoms with Crippen LogP contribution in [0.2, 0.25) is 5.02 Å². The molecule has 0 aliphatic heterocycles. The lowest BCUT2D eigenvalue weighted by Crippen LogP contribution is -1.90. The number of halogens is 2. The van der Waals surface area contributed by atoms with E-state index in [2.05, 4.69) is 15.9 Å². The van der Waals surface area contributed by atoms with Crippen molar-refractivity contribution < 1.29 is 9.84 Å². The Bertz CT molecular complexity index is 298. The van der Waals surface area contributed by atoms with Gasteiger partial charge in [0.1, 0.15) is 0 Å². The molecule has 0 atom stereocenters. The summed E-state index contributed by atoms with van der Waals surface area (Å²) in [5.41, 5.74) is 0.947. The predicted octanol–water partition coefficient (Wildman–Crippen LogP) is 3.38. The Morgan fingerprint density at radius 1 is 1.62 bits per heavy atom. The molecule has 0 amide bonds. The molecule has 4 heteroatoms. The van der Waals surface area contributed by atoms with Crippen molar-refractivity contribution in [2.24, 2.45) is 0 Å². The van der Waals surface area contributed by atoms with Crippen LogP contribution in [-0.2, 0) is 6.42 Å². The number of hydrogen-bond acceptors (Lipinski definition) is 2. The van der Waals surface area contributed by atoms with E-state index in [0.29, 0.717) is 15.2 Å². The molecule has 0 saturated heterocycles. The van der Waals surface area contributed by atoms with Gasteiger partial charge in [0, 0.05) is 0 Å². The second-order valence-corrected chi connectivity index (χ2v) is 3.74. The van der Waals surface area contributed by atoms with E-state index in [1.165, 1.54) is 7.11 Å². The number of phenolic OH excluding ortho intramolecular Hbond substituents is 1. The van der Waals surface area contributed by atoms with Crippen LogP contribution in [0, 0.1) is 0 Å². The van der Waals surface area contributed by atoms with Crippen LogP contribution in [0.25, 0.3) is 0 Å². The van der Waals surface area contributed by atoms with Crippen molar-refractivity contribution in [3.05, 3.63) is 21.1 Å². The minimum atomic E-state index is 0.0460. The van der Waals surface area contributed by atoms with Gasteiger partial charge in [0.2, 0.25) is 0 Å². The zero-order valence-corrected chi connectivity index (χ0v) is 9.74. The Hall–Kier alpha value is -0.410. The second kappa shape index (κ2) is 4.20. The summed E-state index contributed by atoms with van der Waals surface area (Å²) in [5.74, 6) is 0.484. The van der Waals surface area contributed by atoms with E-state index in [1.807, 2.05) is 6.92 Å². The monoisotopic (exact) mass is 264 g/mol. The van der Waals surface area contributed by atoms with E-state index in [-0.39, 0.29) is 5.75 Å². The molecular weight excluding hydrogens is 255 g/mol. The van der Waals surface area contributed by atoms with Gasteiger partial charge in [-0.25, -0.2) is 0 Å². The molecule has 72 valence electrons. The number of hydrogen-bond donors (Lipinski definition) is 1. The molecule has 0 aromatic heterocycles. The molecule has 0 heterocycles. The SMILES string of the molecule is CCc1cc(OC)c(O)c(Br)c1Cl. The normalized spacial score (nSPS) is 10.2. The highest BCUT2D eigenvalue weighted by Crippen LogP contribution is 2.41. The maximum absolute atomic E-state index is 9.54. The van der Waals surface area contributed by atoms with E-state index >= 15 is 0 Å². The molecule has 0 spiro atoms. The second-order valence-electron chi connectivity index (χ2n) is 2.57. The molecule has 13 heavy (non-hydrogen) atoms. The summed E-state index contributed by atoms with van der Waals surface area (Å²) in [6.45, 7) is 1.99. The third-order valence-corrected chi connectivity index (χ3v) is 3.25. The van der Waals surface area contributed by atoms with Crippen molar-refractivity contribution in [1.82, 2.24) is 0 Å². The molecular formula is C9H10BrClO2. The predicted molar refractivity (Wildman–Crippen MR) is 56.7 cm³/mol. The Kier molecular flexibility index (Phi) is 3.45. The number of ether oxygens (including phenoxy) is 1. The highest BCUT2D eigenvalue weighted by atomic mass is 79.9. The van der Waals surface area contributed by atoms with Gasteiger partial charge in [-0.15, -0.1) is 0 Å². The van der Waals surface area contributed by atoms with Crippen molar-refractivity contribution >= 4 is 27.5 Å². The van der Waals surface area contributed by atoms with Gasteiger partial charge in [-0.2, -0.15) is 0 Å². The summed E-state index contributed by atoms with van der Waals surface area (Å²) in [5, 5.41) is 10.1. The van der Waals surface area contributed by atoms with Gasteiger partial charge in [0.15, 0.2) is 11.5 Å². The summed E-state index contributed by atoms with van der Waals surface area (Å²) < 4.78 is 5.48. The first-order valence-corrected chi connectivity index (χ1v) is 5.02. The molecule has 0 fully saturated rings. The Balaban J connectivity index is 3.36. The first-order valence-electron chi connectivity index (χ1n) is 3.85. The Labute approximate surface area is 90.6 Å². The van der Waals surface area contributed by atoms with E-state index in [9.17, 15) is 5.11 Å². The molecule has 0 radical (unpaired) electrons. The fraction of sp³-hybridized carbons (Fsp3) is 0.333. The first kappa shape index (κ1) is 10.7. The molecule has 0 aliphatic rings. The third-order valence-electron chi connectivity index (χ3n) is 1.82. The lowest BCUT2D eigenvalue weighted by Gasteiger charge is -2.10. The van der Waals surface area contributed by atoms with Crippen LogP contribution in [-0.4, -0.2) is 12.2 Å². The lowest BCUT2D eigenvalue weighted by molar-refractivity contribution is 0.371. The van der Waals surface area contributed by atoms with Gasteiger partial charge in [-0.3, -0.25) is 0 Å². The zero-order chi connectivity index (χ0) is 10.0. The van der Waals surface area contributed by atoms with Crippen LogP contribution in [0.5, 0.6) is 11.5 Å². The number of benzene rings is 1. The molecule has 1 aromatic carbocycles. The highest BCUT2D eigenvalue weighted by Gasteiger charge is 2.13. The van der Waals surface area contributed by atoms with Crippen molar-refractivity contribution in [1.29, 1.82) is 0 Å². The highest BCUT2D eigenvalue weighted by molar-refractivity contribution is 9.10. The smallest absolute Gasteiger partial charge is 0.173 e. The molecule has 1 rings (SSSR count). The number of aromatic hydroxyl groups is 1. The van der Waals surface area contributed by atoms with E-state index in [1.54, 1.807) is 6.07 Å². The van der Waals surface area contributed by atoms with Crippen molar-refractivity contribution in [2.75, 3.05) is 7.11 Å². The summed E-state index contributed by atoms with van der Waals surface area (Å²) in [6, 6.07) is 1.74. The van der Waals surface area contributed by atoms with Crippen LogP contribution in [0.3, 0.4) is 0 Å². The van der Waals surface area contributed by atoms with E-state index < -0.39 is 0 Å². The van der Waals surface area contributed by atoms with Gasteiger partial charge in [-0.1, -0.05) is 18.5 Å². The summed E-state index contributed by atoms with van der Waals surface area (Å²) in [7, 11) is 1.51. The Morgan fingerprint density at radius 2 is 2.23 bits per heavy atom. The van der Waals surface area contributed by atoms with E-state index in [0.717, 1.165) is 12.0 Å². The van der Waals surface area contributed by atoms with E-state index in [4.69, 9.17) is 16.3 Å². The summed E-state index contributed by atoms with van der Waals surface area (Å²) in [6.07, 6.45) is 0.800. The zero-order valence-electron chi connectivity index (χ0n) is 7.40. The average molecular weight is 266 g/mol. The topological polar surface area (TPSA) is 29.5 Å². The van der Waals surface area contributed by atoms with Crippen LogP contribution >= 0.6 is 27.5 Å². The van der Waals surface area contributed by atoms with Crippen molar-refractivity contribution in [2.45, 2.75) is 13.3 Å². The quantitative estimate of drug-likeness (QED) is 0.888. The minimum Gasteiger partial charge on any atom is -0.503 e. The number of rotatable bonds is 2. The fourth-order valence-corrected chi connectivity index (χ4v) is 1.78. The molecule has 1 N–H and O–H groups in total. The van der Waals surface area contributed by atoms with Gasteiger partial charge >= 0.3 is 0 Å². The maximum atomic E-state index is 9.54. The molecule has 0 aliphatic carbocycles. The fourth-order valence-electron chi connectivity index (χ4n) is 1.06. The molecule has 0 unspecified atom stereocenters. The van der Waals surface area contributed by atoms with Crippen molar-refractivity contribution in [3.8, 4) is 11.5 Å². The molecule has 2 nitrogen and oxygen atoms in total. The van der Waals surface area contributed by atoms with Crippen LogP contribution in [0.4, 0.5) is 0 Å². The first-order chi connectivity index (χ1) is 6.11. The molecule has 0 saturated carbocycles. The number of methoxy groups -OCH3 is 1. The standard InChI is InChI=1S/C9H10BrClO2/c1-3-5-4-6(13-2)9(12)7(10)8(5)11/h4,12H,3H2,1-2H3. The molecule has 0 bridgehead atoms. The Morgan fingerprint density at radius 3 is 2.69 bits per heavy atom. The largest absolute Gasteiger partial charge is 0.503 e. The number of phenols is 1. The maximum Gasteiger partial charge on any atom is 0.173 e. The van der Waals surface area contributed by atoms with Crippen LogP contribution in [0.1, 0.15) is 12.5 Å². The third kappa shape index (κ3) is 1.92. The van der Waals surface area contributed by atoms with Gasteiger partial charge in [0.05, 0.1) is 16.6 Å².